The van der Waals surface area contributed by atoms with Crippen LogP contribution in [0.4, 0.5) is 5.69 Å². The van der Waals surface area contributed by atoms with Gasteiger partial charge < -0.3 is 5.32 Å². The van der Waals surface area contributed by atoms with Crippen molar-refractivity contribution in [3.8, 4) is 0 Å². The molecule has 0 unspecified atom stereocenters. The molecule has 0 aliphatic heterocycles. The number of sulfonamides is 1. The molecule has 0 aromatic heterocycles. The van der Waals surface area contributed by atoms with Gasteiger partial charge in [0.25, 0.3) is 5.91 Å². The molecule has 1 amide bonds. The van der Waals surface area contributed by atoms with Crippen LogP contribution in [-0.2, 0) is 10.0 Å². The van der Waals surface area contributed by atoms with E-state index >= 15 is 0 Å². The molecular weight excluding hydrogens is 380 g/mol. The summed E-state index contributed by atoms with van der Waals surface area (Å²) in [5.74, 6) is -0.302. The molecule has 0 fully saturated rings. The van der Waals surface area contributed by atoms with E-state index < -0.39 is 10.0 Å². The standard InChI is InChI=1S/C16H17BrN2O3S/c1-11-7-8-14(10-15(11)23(21,22)19(2)3)18-16(20)12-5-4-6-13(17)9-12/h4-10H,1-3H3,(H,18,20). The highest BCUT2D eigenvalue weighted by Gasteiger charge is 2.20. The molecule has 0 bridgehead atoms. The molecule has 7 heteroatoms. The highest BCUT2D eigenvalue weighted by Crippen LogP contribution is 2.23. The van der Waals surface area contributed by atoms with E-state index in [9.17, 15) is 13.2 Å². The van der Waals surface area contributed by atoms with Crippen LogP contribution in [0.15, 0.2) is 51.8 Å². The predicted molar refractivity (Wildman–Crippen MR) is 94.1 cm³/mol. The van der Waals surface area contributed by atoms with Crippen LogP contribution in [0.25, 0.3) is 0 Å². The summed E-state index contributed by atoms with van der Waals surface area (Å²) < 4.78 is 26.6. The molecule has 0 aliphatic carbocycles. The smallest absolute Gasteiger partial charge is 0.255 e. The maximum atomic E-state index is 12.3. The minimum atomic E-state index is -3.56. The van der Waals surface area contributed by atoms with Crippen molar-refractivity contribution in [2.75, 3.05) is 19.4 Å². The van der Waals surface area contributed by atoms with Crippen molar-refractivity contribution < 1.29 is 13.2 Å². The lowest BCUT2D eigenvalue weighted by molar-refractivity contribution is 0.102. The van der Waals surface area contributed by atoms with Crippen LogP contribution in [0, 0.1) is 6.92 Å². The van der Waals surface area contributed by atoms with Gasteiger partial charge in [-0.15, -0.1) is 0 Å². The number of hydrogen-bond acceptors (Lipinski definition) is 3. The highest BCUT2D eigenvalue weighted by molar-refractivity contribution is 9.10. The summed E-state index contributed by atoms with van der Waals surface area (Å²) in [7, 11) is -0.615. The number of carbonyl (C=O) groups excluding carboxylic acids is 1. The molecule has 0 spiro atoms. The van der Waals surface area contributed by atoms with Crippen LogP contribution in [0.5, 0.6) is 0 Å². The Bertz CT molecular complexity index is 848. The Hall–Kier alpha value is -1.70. The number of nitrogens with zero attached hydrogens (tertiary/aromatic N) is 1. The number of rotatable bonds is 4. The van der Waals surface area contributed by atoms with Gasteiger partial charge in [0.15, 0.2) is 0 Å². The summed E-state index contributed by atoms with van der Waals surface area (Å²) >= 11 is 3.31. The first kappa shape index (κ1) is 17.7. The average Bonchev–Trinajstić information content (AvgIpc) is 2.48. The summed E-state index contributed by atoms with van der Waals surface area (Å²) in [5, 5.41) is 2.72. The van der Waals surface area contributed by atoms with Crippen molar-refractivity contribution >= 4 is 37.5 Å². The van der Waals surface area contributed by atoms with Gasteiger partial charge in [-0.05, 0) is 42.8 Å². The number of amides is 1. The van der Waals surface area contributed by atoms with Crippen LogP contribution in [-0.4, -0.2) is 32.7 Å². The number of benzene rings is 2. The molecule has 5 nitrogen and oxygen atoms in total. The number of anilines is 1. The van der Waals surface area contributed by atoms with Crippen molar-refractivity contribution in [1.29, 1.82) is 0 Å². The van der Waals surface area contributed by atoms with E-state index in [-0.39, 0.29) is 10.8 Å². The third kappa shape index (κ3) is 3.99. The maximum absolute atomic E-state index is 12.3. The highest BCUT2D eigenvalue weighted by atomic mass is 79.9. The van der Waals surface area contributed by atoms with E-state index in [1.54, 1.807) is 37.3 Å². The van der Waals surface area contributed by atoms with Gasteiger partial charge in [-0.3, -0.25) is 4.79 Å². The zero-order chi connectivity index (χ0) is 17.2. The van der Waals surface area contributed by atoms with Crippen LogP contribution in [0.2, 0.25) is 0 Å². The van der Waals surface area contributed by atoms with Crippen LogP contribution >= 0.6 is 15.9 Å². The molecule has 0 aliphatic rings. The Balaban J connectivity index is 2.34. The van der Waals surface area contributed by atoms with Crippen molar-refractivity contribution in [2.45, 2.75) is 11.8 Å². The fraction of sp³-hybridized carbons (Fsp3) is 0.188. The van der Waals surface area contributed by atoms with E-state index in [2.05, 4.69) is 21.2 Å². The topological polar surface area (TPSA) is 66.5 Å². The van der Waals surface area contributed by atoms with Gasteiger partial charge in [-0.25, -0.2) is 12.7 Å². The second-order valence-corrected chi connectivity index (χ2v) is 8.27. The van der Waals surface area contributed by atoms with E-state index in [0.29, 0.717) is 16.8 Å². The first-order valence-corrected chi connectivity index (χ1v) is 9.05. The lowest BCUT2D eigenvalue weighted by Gasteiger charge is -2.15. The molecule has 122 valence electrons. The zero-order valence-electron chi connectivity index (χ0n) is 13.0. The molecule has 2 aromatic carbocycles. The second kappa shape index (κ2) is 6.82. The lowest BCUT2D eigenvalue weighted by atomic mass is 10.2. The van der Waals surface area contributed by atoms with Crippen LogP contribution in [0.3, 0.4) is 0 Å². The third-order valence-corrected chi connectivity index (χ3v) is 5.74. The molecular formula is C16H17BrN2O3S. The number of nitrogens with one attached hydrogen (secondary N) is 1. The fourth-order valence-corrected chi connectivity index (χ4v) is 3.53. The van der Waals surface area contributed by atoms with E-state index in [4.69, 9.17) is 0 Å². The first-order chi connectivity index (χ1) is 10.7. The Morgan fingerprint density at radius 2 is 1.83 bits per heavy atom. The number of halogens is 1. The molecule has 2 rings (SSSR count). The summed E-state index contributed by atoms with van der Waals surface area (Å²) in [5.41, 5.74) is 1.54. The Morgan fingerprint density at radius 1 is 1.13 bits per heavy atom. The summed E-state index contributed by atoms with van der Waals surface area (Å²) in [6.07, 6.45) is 0. The monoisotopic (exact) mass is 396 g/mol. The number of aryl methyl sites for hydroxylation is 1. The summed E-state index contributed by atoms with van der Waals surface area (Å²) in [6.45, 7) is 1.72. The molecule has 1 N–H and O–H groups in total. The summed E-state index contributed by atoms with van der Waals surface area (Å²) in [4.78, 5) is 12.4. The normalized spacial score (nSPS) is 11.5. The van der Waals surface area contributed by atoms with Gasteiger partial charge in [0.05, 0.1) is 4.90 Å². The van der Waals surface area contributed by atoms with E-state index in [0.717, 1.165) is 8.78 Å². The van der Waals surface area contributed by atoms with Gasteiger partial charge in [0.1, 0.15) is 0 Å². The minimum Gasteiger partial charge on any atom is -0.322 e. The van der Waals surface area contributed by atoms with Gasteiger partial charge in [0, 0.05) is 29.8 Å². The lowest BCUT2D eigenvalue weighted by Crippen LogP contribution is -2.23. The van der Waals surface area contributed by atoms with Crippen LogP contribution in [0.1, 0.15) is 15.9 Å². The Labute approximate surface area is 144 Å². The molecule has 23 heavy (non-hydrogen) atoms. The van der Waals surface area contributed by atoms with Gasteiger partial charge >= 0.3 is 0 Å². The molecule has 0 heterocycles. The zero-order valence-corrected chi connectivity index (χ0v) is 15.4. The van der Waals surface area contributed by atoms with E-state index in [1.165, 1.54) is 20.2 Å². The molecule has 0 saturated heterocycles. The maximum Gasteiger partial charge on any atom is 0.255 e. The van der Waals surface area contributed by atoms with Gasteiger partial charge in [0.2, 0.25) is 10.0 Å². The predicted octanol–water partition coefficient (Wildman–Crippen LogP) is 3.26. The van der Waals surface area contributed by atoms with Crippen molar-refractivity contribution in [2.24, 2.45) is 0 Å². The first-order valence-electron chi connectivity index (χ1n) is 6.82. The van der Waals surface area contributed by atoms with Crippen LogP contribution < -0.4 is 5.32 Å². The minimum absolute atomic E-state index is 0.176. The molecule has 0 atom stereocenters. The quantitative estimate of drug-likeness (QED) is 0.861. The average molecular weight is 397 g/mol. The van der Waals surface area contributed by atoms with Gasteiger partial charge in [-0.1, -0.05) is 28.1 Å². The summed E-state index contributed by atoms with van der Waals surface area (Å²) in [6, 6.07) is 11.8. The SMILES string of the molecule is Cc1ccc(NC(=O)c2cccc(Br)c2)cc1S(=O)(=O)N(C)C. The third-order valence-electron chi connectivity index (χ3n) is 3.29. The number of hydrogen-bond donors (Lipinski definition) is 1. The fourth-order valence-electron chi connectivity index (χ4n) is 1.99. The van der Waals surface area contributed by atoms with Crippen molar-refractivity contribution in [3.63, 3.8) is 0 Å². The van der Waals surface area contributed by atoms with Crippen molar-refractivity contribution in [3.05, 3.63) is 58.1 Å². The Kier molecular flexibility index (Phi) is 5.23. The van der Waals surface area contributed by atoms with Crippen molar-refractivity contribution in [1.82, 2.24) is 4.31 Å². The Morgan fingerprint density at radius 3 is 2.43 bits per heavy atom. The molecule has 0 radical (unpaired) electrons. The second-order valence-electron chi connectivity index (χ2n) is 5.23. The molecule has 0 saturated carbocycles. The van der Waals surface area contributed by atoms with Gasteiger partial charge in [-0.2, -0.15) is 0 Å². The largest absolute Gasteiger partial charge is 0.322 e. The molecule has 2 aromatic rings. The number of carbonyl (C=O) groups is 1. The van der Waals surface area contributed by atoms with E-state index in [1.807, 2.05) is 6.07 Å².